The molecular weight excluding hydrogens is 316 g/mol. The van der Waals surface area contributed by atoms with Crippen LogP contribution in [-0.4, -0.2) is 57.5 Å². The Balaban J connectivity index is 1.47. The predicted molar refractivity (Wildman–Crippen MR) is 85.3 cm³/mol. The molecule has 6 nitrogen and oxygen atoms in total. The van der Waals surface area contributed by atoms with Crippen LogP contribution in [-0.2, 0) is 11.3 Å². The summed E-state index contributed by atoms with van der Waals surface area (Å²) in [6, 6.07) is 0.156. The van der Waals surface area contributed by atoms with Crippen molar-refractivity contribution in [2.75, 3.05) is 26.2 Å². The number of amides is 1. The summed E-state index contributed by atoms with van der Waals surface area (Å²) in [5.41, 5.74) is 6.04. The molecule has 1 saturated carbocycles. The summed E-state index contributed by atoms with van der Waals surface area (Å²) in [7, 11) is 0. The fraction of sp³-hybridized carbons (Fsp3) is 0.750. The van der Waals surface area contributed by atoms with Crippen molar-refractivity contribution in [2.24, 2.45) is 11.7 Å². The van der Waals surface area contributed by atoms with Gasteiger partial charge in [0.15, 0.2) is 0 Å². The molecule has 134 valence electrons. The fourth-order valence-electron chi connectivity index (χ4n) is 3.67. The Labute approximate surface area is 140 Å². The van der Waals surface area contributed by atoms with Gasteiger partial charge in [-0.15, -0.1) is 0 Å². The standard InChI is InChI=1S/C16H25F2N5O/c17-16(18)23-5-4-20-14(23)11-21-6-8-22(9-7-21)15(24)10-12-2-1-3-13(12)19/h4-5,12-13,16H,1-3,6-11,19H2/t12-,13+/m0/s1. The van der Waals surface area contributed by atoms with Crippen LogP contribution in [0.25, 0.3) is 0 Å². The van der Waals surface area contributed by atoms with Gasteiger partial charge in [0.05, 0.1) is 6.54 Å². The number of alkyl halides is 2. The molecule has 2 heterocycles. The summed E-state index contributed by atoms with van der Waals surface area (Å²) in [6.07, 6.45) is 6.41. The Morgan fingerprint density at radius 1 is 1.29 bits per heavy atom. The topological polar surface area (TPSA) is 67.4 Å². The highest BCUT2D eigenvalue weighted by atomic mass is 19.3. The average Bonchev–Trinajstić information content (AvgIpc) is 3.18. The minimum absolute atomic E-state index is 0.156. The molecule has 24 heavy (non-hydrogen) atoms. The molecule has 1 aromatic heterocycles. The number of nitrogens with two attached hydrogens (primary N) is 1. The van der Waals surface area contributed by atoms with E-state index in [0.717, 1.165) is 23.8 Å². The minimum atomic E-state index is -2.57. The number of piperazine rings is 1. The molecular formula is C16H25F2N5O. The molecule has 0 aromatic carbocycles. The predicted octanol–water partition coefficient (Wildman–Crippen LogP) is 1.44. The summed E-state index contributed by atoms with van der Waals surface area (Å²) in [4.78, 5) is 20.4. The Morgan fingerprint density at radius 3 is 2.67 bits per heavy atom. The van der Waals surface area contributed by atoms with E-state index in [0.29, 0.717) is 50.9 Å². The molecule has 1 aliphatic carbocycles. The van der Waals surface area contributed by atoms with E-state index < -0.39 is 6.55 Å². The van der Waals surface area contributed by atoms with Gasteiger partial charge < -0.3 is 10.6 Å². The van der Waals surface area contributed by atoms with Gasteiger partial charge in [-0.3, -0.25) is 14.3 Å². The third-order valence-electron chi connectivity index (χ3n) is 5.20. The second-order valence-electron chi connectivity index (χ2n) is 6.74. The van der Waals surface area contributed by atoms with E-state index in [1.165, 1.54) is 12.4 Å². The van der Waals surface area contributed by atoms with E-state index in [2.05, 4.69) is 9.88 Å². The Kier molecular flexibility index (Phi) is 5.45. The molecule has 1 aliphatic heterocycles. The fourth-order valence-corrected chi connectivity index (χ4v) is 3.67. The van der Waals surface area contributed by atoms with Gasteiger partial charge in [-0.2, -0.15) is 8.78 Å². The molecule has 2 aliphatic rings. The summed E-state index contributed by atoms with van der Waals surface area (Å²) in [6.45, 7) is 0.442. The van der Waals surface area contributed by atoms with Gasteiger partial charge in [0.2, 0.25) is 5.91 Å². The molecule has 3 rings (SSSR count). The first-order valence-corrected chi connectivity index (χ1v) is 8.60. The second-order valence-corrected chi connectivity index (χ2v) is 6.74. The first-order chi connectivity index (χ1) is 11.5. The van der Waals surface area contributed by atoms with Crippen LogP contribution >= 0.6 is 0 Å². The van der Waals surface area contributed by atoms with Crippen LogP contribution in [0.3, 0.4) is 0 Å². The number of imidazole rings is 1. The van der Waals surface area contributed by atoms with Gasteiger partial charge in [0.1, 0.15) is 5.82 Å². The zero-order valence-corrected chi connectivity index (χ0v) is 13.8. The van der Waals surface area contributed by atoms with Gasteiger partial charge in [-0.05, 0) is 18.8 Å². The van der Waals surface area contributed by atoms with E-state index in [9.17, 15) is 13.6 Å². The highest BCUT2D eigenvalue weighted by Gasteiger charge is 2.29. The van der Waals surface area contributed by atoms with Crippen molar-refractivity contribution >= 4 is 5.91 Å². The van der Waals surface area contributed by atoms with Crippen LogP contribution in [0.4, 0.5) is 8.78 Å². The van der Waals surface area contributed by atoms with Crippen molar-refractivity contribution < 1.29 is 13.6 Å². The van der Waals surface area contributed by atoms with E-state index in [4.69, 9.17) is 5.73 Å². The smallest absolute Gasteiger partial charge is 0.319 e. The summed E-state index contributed by atoms with van der Waals surface area (Å²) < 4.78 is 26.6. The van der Waals surface area contributed by atoms with Crippen LogP contribution in [0.2, 0.25) is 0 Å². The normalized spacial score (nSPS) is 25.6. The van der Waals surface area contributed by atoms with Crippen molar-refractivity contribution in [3.8, 4) is 0 Å². The van der Waals surface area contributed by atoms with Crippen molar-refractivity contribution in [1.29, 1.82) is 0 Å². The minimum Gasteiger partial charge on any atom is -0.340 e. The number of rotatable bonds is 5. The van der Waals surface area contributed by atoms with Gasteiger partial charge in [-0.1, -0.05) is 6.42 Å². The molecule has 0 bridgehead atoms. The lowest BCUT2D eigenvalue weighted by Crippen LogP contribution is -2.49. The van der Waals surface area contributed by atoms with Crippen LogP contribution in [0.5, 0.6) is 0 Å². The van der Waals surface area contributed by atoms with Crippen LogP contribution in [0.15, 0.2) is 12.4 Å². The number of hydrogen-bond acceptors (Lipinski definition) is 4. The summed E-state index contributed by atoms with van der Waals surface area (Å²) in [5.74, 6) is 0.849. The number of hydrogen-bond donors (Lipinski definition) is 1. The molecule has 1 amide bonds. The Bertz CT molecular complexity index is 556. The molecule has 0 unspecified atom stereocenters. The maximum Gasteiger partial charge on any atom is 0.319 e. The van der Waals surface area contributed by atoms with Gasteiger partial charge in [0.25, 0.3) is 0 Å². The van der Waals surface area contributed by atoms with Gasteiger partial charge >= 0.3 is 6.55 Å². The van der Waals surface area contributed by atoms with Gasteiger partial charge in [0, 0.05) is 51.0 Å². The quantitative estimate of drug-likeness (QED) is 0.880. The van der Waals surface area contributed by atoms with Crippen LogP contribution in [0.1, 0.15) is 38.1 Å². The number of carbonyl (C=O) groups excluding carboxylic acids is 1. The maximum absolute atomic E-state index is 12.8. The SMILES string of the molecule is N[C@@H]1CCC[C@H]1CC(=O)N1CCN(Cc2nccn2C(F)F)CC1. The lowest BCUT2D eigenvalue weighted by molar-refractivity contribution is -0.134. The monoisotopic (exact) mass is 341 g/mol. The zero-order chi connectivity index (χ0) is 17.1. The number of carbonyl (C=O) groups is 1. The molecule has 2 fully saturated rings. The third kappa shape index (κ3) is 3.92. The van der Waals surface area contributed by atoms with E-state index in [1.54, 1.807) is 0 Å². The Hall–Kier alpha value is -1.54. The second kappa shape index (κ2) is 7.57. The largest absolute Gasteiger partial charge is 0.340 e. The summed E-state index contributed by atoms with van der Waals surface area (Å²) in [5, 5.41) is 0. The summed E-state index contributed by atoms with van der Waals surface area (Å²) >= 11 is 0. The molecule has 1 aromatic rings. The maximum atomic E-state index is 12.8. The molecule has 8 heteroatoms. The van der Waals surface area contributed by atoms with Crippen molar-refractivity contribution in [2.45, 2.75) is 44.8 Å². The van der Waals surface area contributed by atoms with E-state index in [1.807, 2.05) is 4.90 Å². The molecule has 1 saturated heterocycles. The van der Waals surface area contributed by atoms with E-state index >= 15 is 0 Å². The molecule has 2 N–H and O–H groups in total. The van der Waals surface area contributed by atoms with Gasteiger partial charge in [-0.25, -0.2) is 4.98 Å². The zero-order valence-electron chi connectivity index (χ0n) is 13.8. The van der Waals surface area contributed by atoms with Crippen LogP contribution in [0, 0.1) is 5.92 Å². The van der Waals surface area contributed by atoms with E-state index in [-0.39, 0.29) is 11.9 Å². The van der Waals surface area contributed by atoms with Crippen molar-refractivity contribution in [3.63, 3.8) is 0 Å². The molecule has 2 atom stereocenters. The van der Waals surface area contributed by atoms with Crippen molar-refractivity contribution in [3.05, 3.63) is 18.2 Å². The third-order valence-corrected chi connectivity index (χ3v) is 5.20. The Morgan fingerprint density at radius 2 is 2.04 bits per heavy atom. The number of halogens is 2. The van der Waals surface area contributed by atoms with Crippen LogP contribution < -0.4 is 5.73 Å². The lowest BCUT2D eigenvalue weighted by Gasteiger charge is -2.35. The highest BCUT2D eigenvalue weighted by Crippen LogP contribution is 2.27. The number of nitrogens with zero attached hydrogens (tertiary/aromatic N) is 4. The highest BCUT2D eigenvalue weighted by molar-refractivity contribution is 5.76. The lowest BCUT2D eigenvalue weighted by atomic mass is 9.99. The molecule has 0 spiro atoms. The molecule has 0 radical (unpaired) electrons. The average molecular weight is 341 g/mol. The first-order valence-electron chi connectivity index (χ1n) is 8.60. The van der Waals surface area contributed by atoms with Crippen molar-refractivity contribution in [1.82, 2.24) is 19.4 Å². The number of aromatic nitrogens is 2. The first kappa shape index (κ1) is 17.3.